The van der Waals surface area contributed by atoms with Crippen LogP contribution in [-0.4, -0.2) is 51.9 Å². The van der Waals surface area contributed by atoms with Gasteiger partial charge in [0.05, 0.1) is 11.5 Å². The fourth-order valence-corrected chi connectivity index (χ4v) is 4.33. The first-order chi connectivity index (χ1) is 13.1. The molecule has 0 bridgehead atoms. The third kappa shape index (κ3) is 7.31. The van der Waals surface area contributed by atoms with E-state index in [4.69, 9.17) is 8.61 Å². The standard InChI is InChI=1S/C21H36O6SSi/c1-8-9-19(22)21(23,14-15-27-29(6,7)20(3,4)5)16-26-28(24,25)18-12-10-17(2)11-13-18/h8-13,19,22-23H,14-16H2,1-7H3/b9-8+/t19-,21-/m1/s1. The molecule has 0 heterocycles. The molecule has 2 N–H and O–H groups in total. The fraction of sp³-hybridized carbons (Fsp3) is 0.619. The summed E-state index contributed by atoms with van der Waals surface area (Å²) < 4.78 is 36.2. The zero-order valence-electron chi connectivity index (χ0n) is 18.6. The largest absolute Gasteiger partial charge is 0.417 e. The van der Waals surface area contributed by atoms with Gasteiger partial charge >= 0.3 is 0 Å². The first-order valence-corrected chi connectivity index (χ1v) is 14.1. The Morgan fingerprint density at radius 2 is 1.72 bits per heavy atom. The summed E-state index contributed by atoms with van der Waals surface area (Å²) in [5.41, 5.74) is -0.876. The second-order valence-corrected chi connectivity index (χ2v) is 15.4. The van der Waals surface area contributed by atoms with Gasteiger partial charge in [0, 0.05) is 13.0 Å². The average Bonchev–Trinajstić information content (AvgIpc) is 2.59. The Morgan fingerprint density at radius 3 is 2.21 bits per heavy atom. The quantitative estimate of drug-likeness (QED) is 0.324. The van der Waals surface area contributed by atoms with Crippen molar-refractivity contribution in [3.05, 3.63) is 42.0 Å². The maximum Gasteiger partial charge on any atom is 0.297 e. The van der Waals surface area contributed by atoms with Crippen LogP contribution < -0.4 is 0 Å². The van der Waals surface area contributed by atoms with Crippen molar-refractivity contribution in [1.82, 2.24) is 0 Å². The highest BCUT2D eigenvalue weighted by Gasteiger charge is 2.40. The lowest BCUT2D eigenvalue weighted by Gasteiger charge is -2.38. The van der Waals surface area contributed by atoms with Crippen LogP contribution in [0.25, 0.3) is 0 Å². The molecule has 8 heteroatoms. The fourth-order valence-electron chi connectivity index (χ4n) is 2.32. The zero-order valence-corrected chi connectivity index (χ0v) is 20.4. The molecule has 0 amide bonds. The predicted octanol–water partition coefficient (Wildman–Crippen LogP) is 3.78. The summed E-state index contributed by atoms with van der Waals surface area (Å²) in [5, 5.41) is 21.4. The predicted molar refractivity (Wildman–Crippen MR) is 118 cm³/mol. The normalized spacial score (nSPS) is 16.7. The molecular formula is C21H36O6SSi. The summed E-state index contributed by atoms with van der Waals surface area (Å²) in [6.45, 7) is 13.7. The van der Waals surface area contributed by atoms with E-state index in [1.165, 1.54) is 18.2 Å². The number of allylic oxidation sites excluding steroid dienone is 1. The van der Waals surface area contributed by atoms with Gasteiger partial charge in [-0.15, -0.1) is 0 Å². The Labute approximate surface area is 176 Å². The topological polar surface area (TPSA) is 93.1 Å². The minimum Gasteiger partial charge on any atom is -0.417 e. The molecule has 0 aromatic heterocycles. The van der Waals surface area contributed by atoms with Crippen molar-refractivity contribution in [3.63, 3.8) is 0 Å². The first-order valence-electron chi connectivity index (χ1n) is 9.78. The van der Waals surface area contributed by atoms with Crippen molar-refractivity contribution in [2.75, 3.05) is 13.2 Å². The van der Waals surface area contributed by atoms with Crippen molar-refractivity contribution in [2.45, 2.75) is 75.8 Å². The zero-order chi connectivity index (χ0) is 22.5. The molecule has 0 aliphatic carbocycles. The summed E-state index contributed by atoms with van der Waals surface area (Å²) >= 11 is 0. The van der Waals surface area contributed by atoms with Gasteiger partial charge in [-0.05, 0) is 44.1 Å². The van der Waals surface area contributed by atoms with Gasteiger partial charge in [-0.1, -0.05) is 50.6 Å². The lowest BCUT2D eigenvalue weighted by Crippen LogP contribution is -2.48. The summed E-state index contributed by atoms with van der Waals surface area (Å²) in [6.07, 6.45) is 1.75. The van der Waals surface area contributed by atoms with Gasteiger partial charge in [-0.25, -0.2) is 0 Å². The third-order valence-corrected chi connectivity index (χ3v) is 11.3. The third-order valence-electron chi connectivity index (χ3n) is 5.50. The SMILES string of the molecule is C/C=C/[C@@H](O)[C@@](O)(CCO[Si](C)(C)C(C)(C)C)COS(=O)(=O)c1ccc(C)cc1. The molecule has 0 fully saturated rings. The van der Waals surface area contributed by atoms with Crippen LogP contribution in [0.2, 0.25) is 18.1 Å². The number of aliphatic hydroxyl groups is 2. The maximum absolute atomic E-state index is 12.5. The molecule has 1 rings (SSSR count). The van der Waals surface area contributed by atoms with Crippen molar-refractivity contribution < 1.29 is 27.2 Å². The minimum absolute atomic E-state index is 0.00165. The highest BCUT2D eigenvalue weighted by atomic mass is 32.2. The van der Waals surface area contributed by atoms with E-state index in [0.29, 0.717) is 0 Å². The van der Waals surface area contributed by atoms with Crippen molar-refractivity contribution in [3.8, 4) is 0 Å². The molecule has 0 saturated carbocycles. The van der Waals surface area contributed by atoms with Crippen LogP contribution in [0.15, 0.2) is 41.3 Å². The van der Waals surface area contributed by atoms with Gasteiger partial charge in [0.15, 0.2) is 8.32 Å². The Morgan fingerprint density at radius 1 is 1.17 bits per heavy atom. The molecule has 0 radical (unpaired) electrons. The number of hydrogen-bond acceptors (Lipinski definition) is 6. The summed E-state index contributed by atoms with van der Waals surface area (Å²) in [7, 11) is -6.11. The molecule has 2 atom stereocenters. The second kappa shape index (κ2) is 9.85. The Bertz CT molecular complexity index is 780. The van der Waals surface area contributed by atoms with Crippen molar-refractivity contribution >= 4 is 18.4 Å². The van der Waals surface area contributed by atoms with Gasteiger partial charge in [-0.2, -0.15) is 8.42 Å². The van der Waals surface area contributed by atoms with E-state index in [-0.39, 0.29) is 23.0 Å². The van der Waals surface area contributed by atoms with Gasteiger partial charge in [0.25, 0.3) is 10.1 Å². The average molecular weight is 445 g/mol. The smallest absolute Gasteiger partial charge is 0.297 e. The second-order valence-electron chi connectivity index (χ2n) is 8.96. The van der Waals surface area contributed by atoms with Crippen LogP contribution in [-0.2, 0) is 18.7 Å². The van der Waals surface area contributed by atoms with E-state index >= 15 is 0 Å². The highest BCUT2D eigenvalue weighted by Crippen LogP contribution is 2.37. The van der Waals surface area contributed by atoms with Crippen molar-refractivity contribution in [2.24, 2.45) is 0 Å². The number of aliphatic hydroxyl groups excluding tert-OH is 1. The summed E-state index contributed by atoms with van der Waals surface area (Å²) in [4.78, 5) is 0.00324. The lowest BCUT2D eigenvalue weighted by molar-refractivity contribution is -0.0895. The van der Waals surface area contributed by atoms with Crippen LogP contribution in [0.5, 0.6) is 0 Å². The van der Waals surface area contributed by atoms with Gasteiger partial charge < -0.3 is 14.6 Å². The molecule has 0 unspecified atom stereocenters. The molecule has 0 aliphatic rings. The maximum atomic E-state index is 12.5. The van der Waals surface area contributed by atoms with Crippen LogP contribution >= 0.6 is 0 Å². The molecule has 29 heavy (non-hydrogen) atoms. The molecule has 1 aromatic rings. The van der Waals surface area contributed by atoms with Gasteiger partial charge in [0.2, 0.25) is 0 Å². The van der Waals surface area contributed by atoms with E-state index in [2.05, 4.69) is 33.9 Å². The van der Waals surface area contributed by atoms with Crippen LogP contribution in [0.4, 0.5) is 0 Å². The lowest BCUT2D eigenvalue weighted by atomic mass is 9.94. The number of aryl methyl sites for hydroxylation is 1. The van der Waals surface area contributed by atoms with Gasteiger partial charge in [-0.3, -0.25) is 4.18 Å². The van der Waals surface area contributed by atoms with Crippen LogP contribution in [0.3, 0.4) is 0 Å². The van der Waals surface area contributed by atoms with Crippen LogP contribution in [0, 0.1) is 6.92 Å². The van der Waals surface area contributed by atoms with Gasteiger partial charge in [0.1, 0.15) is 11.7 Å². The molecular weight excluding hydrogens is 408 g/mol. The highest BCUT2D eigenvalue weighted by molar-refractivity contribution is 7.86. The Hall–Kier alpha value is -1.03. The molecule has 6 nitrogen and oxygen atoms in total. The first kappa shape index (κ1) is 26.0. The molecule has 0 saturated heterocycles. The molecule has 0 spiro atoms. The molecule has 1 aromatic carbocycles. The van der Waals surface area contributed by atoms with E-state index in [1.54, 1.807) is 25.1 Å². The summed E-state index contributed by atoms with van der Waals surface area (Å²) in [6, 6.07) is 6.24. The monoisotopic (exact) mass is 444 g/mol. The minimum atomic E-state index is -4.06. The Balaban J connectivity index is 2.93. The Kier molecular flexibility index (Phi) is 8.83. The van der Waals surface area contributed by atoms with E-state index in [9.17, 15) is 18.6 Å². The van der Waals surface area contributed by atoms with E-state index in [1.807, 2.05) is 6.92 Å². The van der Waals surface area contributed by atoms with E-state index in [0.717, 1.165) is 5.56 Å². The number of rotatable bonds is 10. The number of benzene rings is 1. The molecule has 0 aliphatic heterocycles. The number of hydrogen-bond donors (Lipinski definition) is 2. The van der Waals surface area contributed by atoms with Crippen molar-refractivity contribution in [1.29, 1.82) is 0 Å². The summed E-state index contributed by atoms with van der Waals surface area (Å²) in [5.74, 6) is 0. The van der Waals surface area contributed by atoms with Crippen LogP contribution in [0.1, 0.15) is 39.7 Å². The van der Waals surface area contributed by atoms with E-state index < -0.39 is 36.7 Å². The molecule has 166 valence electrons.